The maximum absolute atomic E-state index is 13.5. The van der Waals surface area contributed by atoms with Crippen LogP contribution in [0.25, 0.3) is 22.4 Å². The van der Waals surface area contributed by atoms with Crippen LogP contribution in [0.4, 0.5) is 10.2 Å². The summed E-state index contributed by atoms with van der Waals surface area (Å²) in [6.07, 6.45) is 0. The number of hydrogen-bond donors (Lipinski definition) is 1. The third-order valence-corrected chi connectivity index (χ3v) is 4.05. The van der Waals surface area contributed by atoms with E-state index in [0.717, 1.165) is 0 Å². The van der Waals surface area contributed by atoms with Crippen LogP contribution >= 0.6 is 23.2 Å². The molecule has 0 aliphatic carbocycles. The minimum atomic E-state index is -0.386. The van der Waals surface area contributed by atoms with Gasteiger partial charge < -0.3 is 5.73 Å². The van der Waals surface area contributed by atoms with E-state index in [9.17, 15) is 9.65 Å². The third-order valence-electron chi connectivity index (χ3n) is 3.50. The lowest BCUT2D eigenvalue weighted by molar-refractivity contribution is 0.628. The quantitative estimate of drug-likeness (QED) is 0.675. The van der Waals surface area contributed by atoms with Gasteiger partial charge in [-0.2, -0.15) is 5.26 Å². The molecular formula is C18H10Cl2FN3. The first-order valence-corrected chi connectivity index (χ1v) is 7.67. The molecular weight excluding hydrogens is 348 g/mol. The Hall–Kier alpha value is -2.61. The molecule has 0 fully saturated rings. The van der Waals surface area contributed by atoms with Crippen LogP contribution < -0.4 is 5.73 Å². The van der Waals surface area contributed by atoms with Crippen LogP contribution in [0.1, 0.15) is 5.56 Å². The van der Waals surface area contributed by atoms with Crippen molar-refractivity contribution in [3.63, 3.8) is 0 Å². The number of rotatable bonds is 2. The van der Waals surface area contributed by atoms with Gasteiger partial charge in [0.1, 0.15) is 23.3 Å². The number of aromatic nitrogens is 1. The van der Waals surface area contributed by atoms with Gasteiger partial charge in [0.25, 0.3) is 0 Å². The topological polar surface area (TPSA) is 62.7 Å². The van der Waals surface area contributed by atoms with Crippen LogP contribution in [0.5, 0.6) is 0 Å². The van der Waals surface area contributed by atoms with Gasteiger partial charge in [-0.05, 0) is 30.3 Å². The molecule has 1 aromatic heterocycles. The summed E-state index contributed by atoms with van der Waals surface area (Å²) in [5.41, 5.74) is 8.26. The Morgan fingerprint density at radius 1 is 1.04 bits per heavy atom. The van der Waals surface area contributed by atoms with Crippen LogP contribution in [-0.4, -0.2) is 4.98 Å². The number of nitrogens with zero attached hydrogens (tertiary/aromatic N) is 2. The molecule has 0 aliphatic heterocycles. The SMILES string of the molecule is N#Cc1c(-c2ccc(Cl)cc2Cl)cc(-c2cccc(F)c2)nc1N. The van der Waals surface area contributed by atoms with Gasteiger partial charge in [0, 0.05) is 26.7 Å². The van der Waals surface area contributed by atoms with Crippen molar-refractivity contribution in [2.45, 2.75) is 0 Å². The second-order valence-electron chi connectivity index (χ2n) is 5.06. The molecule has 0 aliphatic rings. The van der Waals surface area contributed by atoms with Gasteiger partial charge in [-0.25, -0.2) is 9.37 Å². The molecule has 0 saturated heterocycles. The molecule has 0 spiro atoms. The Balaban J connectivity index is 2.27. The van der Waals surface area contributed by atoms with Crippen LogP contribution in [0.3, 0.4) is 0 Å². The first-order valence-electron chi connectivity index (χ1n) is 6.91. The normalized spacial score (nSPS) is 10.4. The summed E-state index contributed by atoms with van der Waals surface area (Å²) in [6, 6.07) is 14.6. The molecule has 0 atom stereocenters. The van der Waals surface area contributed by atoms with E-state index >= 15 is 0 Å². The third kappa shape index (κ3) is 3.05. The molecule has 0 bridgehead atoms. The molecule has 118 valence electrons. The Kier molecular flexibility index (Phi) is 4.39. The molecule has 3 rings (SSSR count). The lowest BCUT2D eigenvalue weighted by atomic mass is 9.98. The number of benzene rings is 2. The van der Waals surface area contributed by atoms with Crippen LogP contribution in [0.2, 0.25) is 10.0 Å². The Morgan fingerprint density at radius 2 is 1.83 bits per heavy atom. The molecule has 2 N–H and O–H groups in total. The molecule has 1 heterocycles. The van der Waals surface area contributed by atoms with E-state index in [2.05, 4.69) is 4.98 Å². The minimum Gasteiger partial charge on any atom is -0.383 e. The van der Waals surface area contributed by atoms with E-state index in [4.69, 9.17) is 28.9 Å². The van der Waals surface area contributed by atoms with Crippen molar-refractivity contribution in [2.24, 2.45) is 0 Å². The zero-order chi connectivity index (χ0) is 17.3. The van der Waals surface area contributed by atoms with Crippen molar-refractivity contribution >= 4 is 29.0 Å². The summed E-state index contributed by atoms with van der Waals surface area (Å²) >= 11 is 12.2. The molecule has 2 aromatic carbocycles. The Bertz CT molecular complexity index is 980. The first-order chi connectivity index (χ1) is 11.5. The van der Waals surface area contributed by atoms with E-state index in [1.54, 1.807) is 36.4 Å². The monoisotopic (exact) mass is 357 g/mol. The molecule has 0 unspecified atom stereocenters. The minimum absolute atomic E-state index is 0.0558. The maximum atomic E-state index is 13.5. The number of hydrogen-bond acceptors (Lipinski definition) is 3. The van der Waals surface area contributed by atoms with Gasteiger partial charge in [-0.3, -0.25) is 0 Å². The summed E-state index contributed by atoms with van der Waals surface area (Å²) in [6.45, 7) is 0. The second kappa shape index (κ2) is 6.48. The molecule has 3 aromatic rings. The van der Waals surface area contributed by atoms with E-state index in [1.807, 2.05) is 6.07 Å². The van der Waals surface area contributed by atoms with Crippen molar-refractivity contribution in [3.05, 3.63) is 70.0 Å². The largest absolute Gasteiger partial charge is 0.383 e. The number of nitrogens with two attached hydrogens (primary N) is 1. The molecule has 0 saturated carbocycles. The molecule has 0 radical (unpaired) electrons. The molecule has 3 nitrogen and oxygen atoms in total. The highest BCUT2D eigenvalue weighted by Crippen LogP contribution is 2.36. The van der Waals surface area contributed by atoms with Gasteiger partial charge >= 0.3 is 0 Å². The number of nitrogen functional groups attached to an aromatic ring is 1. The average molecular weight is 358 g/mol. The van der Waals surface area contributed by atoms with Crippen molar-refractivity contribution < 1.29 is 4.39 Å². The van der Waals surface area contributed by atoms with E-state index < -0.39 is 0 Å². The summed E-state index contributed by atoms with van der Waals surface area (Å²) in [5.74, 6) is -0.330. The van der Waals surface area contributed by atoms with E-state index in [-0.39, 0.29) is 17.2 Å². The van der Waals surface area contributed by atoms with Crippen molar-refractivity contribution in [1.82, 2.24) is 4.98 Å². The van der Waals surface area contributed by atoms with E-state index in [0.29, 0.717) is 32.4 Å². The fourth-order valence-electron chi connectivity index (χ4n) is 2.40. The molecule has 24 heavy (non-hydrogen) atoms. The van der Waals surface area contributed by atoms with Crippen molar-refractivity contribution in [1.29, 1.82) is 5.26 Å². The lowest BCUT2D eigenvalue weighted by Crippen LogP contribution is -2.00. The Labute approximate surface area is 148 Å². The van der Waals surface area contributed by atoms with Gasteiger partial charge in [0.2, 0.25) is 0 Å². The standard InChI is InChI=1S/C18H10Cl2FN3/c19-11-4-5-13(16(20)7-11)14-8-17(24-18(23)15(14)9-22)10-2-1-3-12(21)6-10/h1-8H,(H2,23,24). The number of nitriles is 1. The number of pyridine rings is 1. The summed E-state index contributed by atoms with van der Waals surface area (Å²) in [5, 5.41) is 10.3. The van der Waals surface area contributed by atoms with Crippen molar-refractivity contribution in [2.75, 3.05) is 5.73 Å². The fourth-order valence-corrected chi connectivity index (χ4v) is 2.91. The summed E-state index contributed by atoms with van der Waals surface area (Å²) in [7, 11) is 0. The highest BCUT2D eigenvalue weighted by molar-refractivity contribution is 6.36. The van der Waals surface area contributed by atoms with Gasteiger partial charge in [-0.15, -0.1) is 0 Å². The van der Waals surface area contributed by atoms with Crippen LogP contribution in [0, 0.1) is 17.1 Å². The summed E-state index contributed by atoms with van der Waals surface area (Å²) in [4.78, 5) is 4.21. The Morgan fingerprint density at radius 3 is 2.50 bits per heavy atom. The molecule has 6 heteroatoms. The zero-order valence-corrected chi connectivity index (χ0v) is 13.7. The van der Waals surface area contributed by atoms with Gasteiger partial charge in [0.15, 0.2) is 0 Å². The zero-order valence-electron chi connectivity index (χ0n) is 12.2. The van der Waals surface area contributed by atoms with Crippen molar-refractivity contribution in [3.8, 4) is 28.5 Å². The van der Waals surface area contributed by atoms with Crippen LogP contribution in [-0.2, 0) is 0 Å². The van der Waals surface area contributed by atoms with Gasteiger partial charge in [-0.1, -0.05) is 41.4 Å². The highest BCUT2D eigenvalue weighted by atomic mass is 35.5. The van der Waals surface area contributed by atoms with E-state index in [1.165, 1.54) is 12.1 Å². The maximum Gasteiger partial charge on any atom is 0.142 e. The number of halogens is 3. The highest BCUT2D eigenvalue weighted by Gasteiger charge is 2.16. The first kappa shape index (κ1) is 16.3. The summed E-state index contributed by atoms with van der Waals surface area (Å²) < 4.78 is 13.5. The second-order valence-corrected chi connectivity index (χ2v) is 5.91. The van der Waals surface area contributed by atoms with Crippen LogP contribution in [0.15, 0.2) is 48.5 Å². The average Bonchev–Trinajstić information content (AvgIpc) is 2.54. The van der Waals surface area contributed by atoms with Gasteiger partial charge in [0.05, 0.1) is 5.69 Å². The number of anilines is 1. The lowest BCUT2D eigenvalue weighted by Gasteiger charge is -2.12. The predicted molar refractivity (Wildman–Crippen MR) is 94.2 cm³/mol. The molecule has 0 amide bonds. The fraction of sp³-hybridized carbons (Fsp3) is 0. The smallest absolute Gasteiger partial charge is 0.142 e. The predicted octanol–water partition coefficient (Wildman–Crippen LogP) is 5.32.